The molecular formula is C8H10ClNOS. The largest absolute Gasteiger partial charge is 0.398 e. The van der Waals surface area contributed by atoms with Gasteiger partial charge >= 0.3 is 0 Å². The molecule has 4 heteroatoms. The van der Waals surface area contributed by atoms with Crippen molar-refractivity contribution in [1.82, 2.24) is 0 Å². The molecule has 66 valence electrons. The van der Waals surface area contributed by atoms with E-state index < -0.39 is 10.8 Å². The molecule has 0 aliphatic carbocycles. The van der Waals surface area contributed by atoms with Gasteiger partial charge in [0.2, 0.25) is 0 Å². The summed E-state index contributed by atoms with van der Waals surface area (Å²) in [6.45, 7) is 0. The van der Waals surface area contributed by atoms with Crippen LogP contribution in [0.15, 0.2) is 18.2 Å². The first-order valence-corrected chi connectivity index (χ1v) is 5.54. The lowest BCUT2D eigenvalue weighted by atomic mass is 10.2. The van der Waals surface area contributed by atoms with E-state index in [2.05, 4.69) is 0 Å². The molecule has 0 amide bonds. The van der Waals surface area contributed by atoms with Crippen LogP contribution in [0.2, 0.25) is 5.02 Å². The number of hydrogen-bond donors (Lipinski definition) is 1. The van der Waals surface area contributed by atoms with Crippen molar-refractivity contribution in [3.63, 3.8) is 0 Å². The Labute approximate surface area is 79.2 Å². The van der Waals surface area contributed by atoms with E-state index in [4.69, 9.17) is 17.3 Å². The van der Waals surface area contributed by atoms with Gasteiger partial charge < -0.3 is 5.73 Å². The Morgan fingerprint density at radius 3 is 2.75 bits per heavy atom. The van der Waals surface area contributed by atoms with Crippen LogP contribution in [0.3, 0.4) is 0 Å². The number of nitrogens with two attached hydrogens (primary N) is 1. The number of hydrogen-bond acceptors (Lipinski definition) is 2. The quantitative estimate of drug-likeness (QED) is 0.745. The minimum atomic E-state index is -0.830. The van der Waals surface area contributed by atoms with Crippen LogP contribution in [-0.4, -0.2) is 10.5 Å². The maximum absolute atomic E-state index is 10.8. The van der Waals surface area contributed by atoms with Crippen molar-refractivity contribution in [1.29, 1.82) is 0 Å². The Kier molecular flexibility index (Phi) is 3.12. The molecule has 0 saturated carbocycles. The summed E-state index contributed by atoms with van der Waals surface area (Å²) in [7, 11) is -0.830. The zero-order valence-corrected chi connectivity index (χ0v) is 8.28. The Morgan fingerprint density at radius 2 is 2.25 bits per heavy atom. The first-order valence-electron chi connectivity index (χ1n) is 3.43. The van der Waals surface area contributed by atoms with Gasteiger partial charge in [-0.25, -0.2) is 0 Å². The lowest BCUT2D eigenvalue weighted by Gasteiger charge is -2.01. The lowest BCUT2D eigenvalue weighted by molar-refractivity contribution is 0.686. The maximum atomic E-state index is 10.8. The molecule has 1 aromatic carbocycles. The highest BCUT2D eigenvalue weighted by Crippen LogP contribution is 2.19. The van der Waals surface area contributed by atoms with Crippen LogP contribution in [0.4, 0.5) is 5.69 Å². The predicted octanol–water partition coefficient (Wildman–Crippen LogP) is 1.80. The monoisotopic (exact) mass is 203 g/mol. The SMILES string of the molecule is C[S@](=O)Cc1ccc(Cl)c(N)c1. The van der Waals surface area contributed by atoms with E-state index in [0.717, 1.165) is 5.56 Å². The van der Waals surface area contributed by atoms with Gasteiger partial charge in [-0.2, -0.15) is 0 Å². The number of nitrogen functional groups attached to an aromatic ring is 1. The molecule has 0 unspecified atom stereocenters. The van der Waals surface area contributed by atoms with Gasteiger partial charge in [0.05, 0.1) is 10.7 Å². The van der Waals surface area contributed by atoms with Crippen LogP contribution in [0.1, 0.15) is 5.56 Å². The minimum absolute atomic E-state index is 0.529. The van der Waals surface area contributed by atoms with Gasteiger partial charge in [0.1, 0.15) is 0 Å². The van der Waals surface area contributed by atoms with Crippen LogP contribution in [0.25, 0.3) is 0 Å². The van der Waals surface area contributed by atoms with Crippen molar-refractivity contribution >= 4 is 28.1 Å². The highest BCUT2D eigenvalue weighted by Gasteiger charge is 1.99. The molecule has 0 heterocycles. The fourth-order valence-corrected chi connectivity index (χ4v) is 1.68. The fourth-order valence-electron chi connectivity index (χ4n) is 0.918. The number of halogens is 1. The second-order valence-corrected chi connectivity index (χ2v) is 4.42. The fraction of sp³-hybridized carbons (Fsp3) is 0.250. The van der Waals surface area contributed by atoms with Crippen molar-refractivity contribution < 1.29 is 4.21 Å². The number of rotatable bonds is 2. The molecule has 2 N–H and O–H groups in total. The Hall–Kier alpha value is -0.540. The third-order valence-electron chi connectivity index (χ3n) is 1.43. The summed E-state index contributed by atoms with van der Waals surface area (Å²) >= 11 is 5.72. The highest BCUT2D eigenvalue weighted by molar-refractivity contribution is 7.83. The Balaban J connectivity index is 2.89. The van der Waals surface area contributed by atoms with Crippen molar-refractivity contribution in [2.24, 2.45) is 0 Å². The molecule has 0 aliphatic rings. The molecule has 0 spiro atoms. The number of anilines is 1. The second kappa shape index (κ2) is 3.92. The van der Waals surface area contributed by atoms with Crippen LogP contribution < -0.4 is 5.73 Å². The first-order chi connectivity index (χ1) is 5.59. The summed E-state index contributed by atoms with van der Waals surface area (Å²) in [4.78, 5) is 0. The van der Waals surface area contributed by atoms with E-state index in [1.165, 1.54) is 0 Å². The van der Waals surface area contributed by atoms with Gasteiger partial charge in [-0.05, 0) is 17.7 Å². The van der Waals surface area contributed by atoms with Crippen molar-refractivity contribution in [3.05, 3.63) is 28.8 Å². The first kappa shape index (κ1) is 9.55. The van der Waals surface area contributed by atoms with Gasteiger partial charge in [-0.1, -0.05) is 17.7 Å². The molecule has 2 nitrogen and oxygen atoms in total. The molecule has 0 bridgehead atoms. The van der Waals surface area contributed by atoms with Crippen molar-refractivity contribution in [2.45, 2.75) is 5.75 Å². The van der Waals surface area contributed by atoms with Gasteiger partial charge in [0, 0.05) is 22.8 Å². The zero-order chi connectivity index (χ0) is 9.14. The molecule has 1 aromatic rings. The molecular weight excluding hydrogens is 194 g/mol. The summed E-state index contributed by atoms with van der Waals surface area (Å²) in [5.74, 6) is 0.529. The Morgan fingerprint density at radius 1 is 1.58 bits per heavy atom. The zero-order valence-electron chi connectivity index (χ0n) is 6.71. The third kappa shape index (κ3) is 2.50. The maximum Gasteiger partial charge on any atom is 0.0635 e. The summed E-state index contributed by atoms with van der Waals surface area (Å²) in [6.07, 6.45) is 1.66. The van der Waals surface area contributed by atoms with Crippen LogP contribution in [0.5, 0.6) is 0 Å². The summed E-state index contributed by atoms with van der Waals surface area (Å²) in [5.41, 5.74) is 7.06. The third-order valence-corrected chi connectivity index (χ3v) is 2.51. The van der Waals surface area contributed by atoms with E-state index >= 15 is 0 Å². The highest BCUT2D eigenvalue weighted by atomic mass is 35.5. The molecule has 1 atom stereocenters. The normalized spacial score (nSPS) is 12.8. The number of benzene rings is 1. The predicted molar refractivity (Wildman–Crippen MR) is 53.6 cm³/mol. The molecule has 0 radical (unpaired) electrons. The second-order valence-electron chi connectivity index (χ2n) is 2.57. The van der Waals surface area contributed by atoms with E-state index in [1.807, 2.05) is 6.07 Å². The summed E-state index contributed by atoms with van der Waals surface area (Å²) in [5, 5.41) is 0.542. The smallest absolute Gasteiger partial charge is 0.0635 e. The van der Waals surface area contributed by atoms with Crippen LogP contribution in [0, 0.1) is 0 Å². The van der Waals surface area contributed by atoms with Gasteiger partial charge in [0.15, 0.2) is 0 Å². The molecule has 0 aromatic heterocycles. The standard InChI is InChI=1S/C8H10ClNOS/c1-12(11)5-6-2-3-7(9)8(10)4-6/h2-4H,5,10H2,1H3/t12-/m0/s1. The summed E-state index contributed by atoms with van der Waals surface area (Å²) < 4.78 is 10.8. The average molecular weight is 204 g/mol. The van der Waals surface area contributed by atoms with E-state index in [0.29, 0.717) is 16.5 Å². The van der Waals surface area contributed by atoms with Gasteiger partial charge in [-0.3, -0.25) is 4.21 Å². The average Bonchev–Trinajstić information content (AvgIpc) is 1.96. The summed E-state index contributed by atoms with van der Waals surface area (Å²) in [6, 6.07) is 5.31. The molecule has 12 heavy (non-hydrogen) atoms. The van der Waals surface area contributed by atoms with Crippen LogP contribution in [-0.2, 0) is 16.6 Å². The van der Waals surface area contributed by atoms with Crippen LogP contribution >= 0.6 is 11.6 Å². The molecule has 1 rings (SSSR count). The van der Waals surface area contributed by atoms with E-state index in [-0.39, 0.29) is 0 Å². The van der Waals surface area contributed by atoms with Crippen molar-refractivity contribution in [2.75, 3.05) is 12.0 Å². The molecule has 0 saturated heterocycles. The molecule has 0 aliphatic heterocycles. The molecule has 0 fully saturated rings. The van der Waals surface area contributed by atoms with Gasteiger partial charge in [0.25, 0.3) is 0 Å². The van der Waals surface area contributed by atoms with E-state index in [1.54, 1.807) is 18.4 Å². The van der Waals surface area contributed by atoms with Gasteiger partial charge in [-0.15, -0.1) is 0 Å². The van der Waals surface area contributed by atoms with Crippen molar-refractivity contribution in [3.8, 4) is 0 Å². The Bertz CT molecular complexity index is 314. The minimum Gasteiger partial charge on any atom is -0.398 e. The topological polar surface area (TPSA) is 43.1 Å². The van der Waals surface area contributed by atoms with E-state index in [9.17, 15) is 4.21 Å². The lowest BCUT2D eigenvalue weighted by Crippen LogP contribution is -1.94.